The van der Waals surface area contributed by atoms with Crippen LogP contribution in [0.3, 0.4) is 0 Å². The van der Waals surface area contributed by atoms with E-state index in [4.69, 9.17) is 11.6 Å². The van der Waals surface area contributed by atoms with Gasteiger partial charge in [-0.05, 0) is 57.5 Å². The van der Waals surface area contributed by atoms with E-state index in [9.17, 15) is 4.79 Å². The fourth-order valence-corrected chi connectivity index (χ4v) is 2.53. The summed E-state index contributed by atoms with van der Waals surface area (Å²) >= 11 is 6.01. The van der Waals surface area contributed by atoms with E-state index in [1.807, 2.05) is 38.1 Å². The molecule has 1 aliphatic rings. The van der Waals surface area contributed by atoms with Gasteiger partial charge in [0.05, 0.1) is 5.41 Å². The predicted octanol–water partition coefficient (Wildman–Crippen LogP) is 2.49. The van der Waals surface area contributed by atoms with Crippen molar-refractivity contribution in [3.8, 4) is 0 Å². The van der Waals surface area contributed by atoms with Crippen molar-refractivity contribution in [1.82, 2.24) is 10.6 Å². The van der Waals surface area contributed by atoms with Gasteiger partial charge in [-0.1, -0.05) is 23.7 Å². The molecular weight excluding hydrogens is 260 g/mol. The number of benzene rings is 1. The number of halogens is 1. The maximum Gasteiger partial charge on any atom is 0.230 e. The molecule has 104 valence electrons. The lowest BCUT2D eigenvalue weighted by molar-refractivity contribution is -0.126. The summed E-state index contributed by atoms with van der Waals surface area (Å²) in [7, 11) is 0. The Kier molecular flexibility index (Phi) is 4.48. The first-order valence-corrected chi connectivity index (χ1v) is 7.15. The number of piperidine rings is 1. The summed E-state index contributed by atoms with van der Waals surface area (Å²) in [4.78, 5) is 12.5. The summed E-state index contributed by atoms with van der Waals surface area (Å²) < 4.78 is 0. The van der Waals surface area contributed by atoms with Crippen LogP contribution in [0.1, 0.15) is 32.3 Å². The highest BCUT2D eigenvalue weighted by Gasteiger charge is 2.31. The Morgan fingerprint density at radius 3 is 2.68 bits per heavy atom. The van der Waals surface area contributed by atoms with Gasteiger partial charge in [-0.2, -0.15) is 0 Å². The number of hydrogen-bond acceptors (Lipinski definition) is 2. The Hall–Kier alpha value is -1.06. The average molecular weight is 281 g/mol. The number of hydrogen-bond donors (Lipinski definition) is 2. The molecule has 4 heteroatoms. The van der Waals surface area contributed by atoms with Gasteiger partial charge in [-0.25, -0.2) is 0 Å². The summed E-state index contributed by atoms with van der Waals surface area (Å²) in [6.45, 7) is 5.83. The molecule has 3 nitrogen and oxygen atoms in total. The van der Waals surface area contributed by atoms with E-state index in [0.717, 1.165) is 31.5 Å². The molecule has 0 radical (unpaired) electrons. The third kappa shape index (κ3) is 3.48. The van der Waals surface area contributed by atoms with Gasteiger partial charge in [0.1, 0.15) is 0 Å². The third-order valence-electron chi connectivity index (χ3n) is 3.79. The fraction of sp³-hybridized carbons (Fsp3) is 0.533. The van der Waals surface area contributed by atoms with Crippen molar-refractivity contribution in [2.45, 2.75) is 38.1 Å². The maximum atomic E-state index is 12.5. The smallest absolute Gasteiger partial charge is 0.230 e. The lowest BCUT2D eigenvalue weighted by Gasteiger charge is -2.30. The second kappa shape index (κ2) is 5.93. The molecule has 1 aliphatic heterocycles. The molecule has 2 rings (SSSR count). The summed E-state index contributed by atoms with van der Waals surface area (Å²) in [5.74, 6) is 0.0710. The van der Waals surface area contributed by atoms with E-state index >= 15 is 0 Å². The fourth-order valence-electron chi connectivity index (χ4n) is 2.34. The SMILES string of the molecule is CC(C)(C(=O)NC1CCNCC1)c1cccc(Cl)c1. The van der Waals surface area contributed by atoms with Crippen LogP contribution in [-0.4, -0.2) is 25.0 Å². The standard InChI is InChI=1S/C15H21ClN2O/c1-15(2,11-4-3-5-12(16)10-11)14(19)18-13-6-8-17-9-7-13/h3-5,10,13,17H,6-9H2,1-2H3,(H,18,19). The molecule has 19 heavy (non-hydrogen) atoms. The maximum absolute atomic E-state index is 12.5. The normalized spacial score (nSPS) is 17.2. The second-order valence-corrected chi connectivity index (χ2v) is 6.07. The van der Waals surface area contributed by atoms with E-state index in [0.29, 0.717) is 5.02 Å². The first-order valence-electron chi connectivity index (χ1n) is 6.78. The van der Waals surface area contributed by atoms with Crippen LogP contribution in [0.4, 0.5) is 0 Å². The predicted molar refractivity (Wildman–Crippen MR) is 78.5 cm³/mol. The number of nitrogens with one attached hydrogen (secondary N) is 2. The number of rotatable bonds is 3. The molecule has 1 saturated heterocycles. The lowest BCUT2D eigenvalue weighted by atomic mass is 9.83. The van der Waals surface area contributed by atoms with E-state index < -0.39 is 5.41 Å². The summed E-state index contributed by atoms with van der Waals surface area (Å²) in [6.07, 6.45) is 1.99. The molecule has 2 N–H and O–H groups in total. The topological polar surface area (TPSA) is 41.1 Å². The minimum atomic E-state index is -0.560. The molecule has 0 spiro atoms. The average Bonchev–Trinajstić information content (AvgIpc) is 2.40. The molecule has 0 unspecified atom stereocenters. The minimum absolute atomic E-state index is 0.0710. The van der Waals surface area contributed by atoms with Crippen LogP contribution in [0.25, 0.3) is 0 Å². The molecule has 1 amide bonds. The van der Waals surface area contributed by atoms with Crippen LogP contribution < -0.4 is 10.6 Å². The van der Waals surface area contributed by atoms with E-state index in [2.05, 4.69) is 10.6 Å². The Labute approximate surface area is 119 Å². The Morgan fingerprint density at radius 1 is 1.37 bits per heavy atom. The van der Waals surface area contributed by atoms with Gasteiger partial charge in [0.2, 0.25) is 5.91 Å². The number of carbonyl (C=O) groups is 1. The first-order chi connectivity index (χ1) is 9.00. The van der Waals surface area contributed by atoms with Crippen molar-refractivity contribution in [3.05, 3.63) is 34.9 Å². The highest BCUT2D eigenvalue weighted by atomic mass is 35.5. The molecule has 0 aromatic heterocycles. The largest absolute Gasteiger partial charge is 0.353 e. The second-order valence-electron chi connectivity index (χ2n) is 5.63. The summed E-state index contributed by atoms with van der Waals surface area (Å²) in [5.41, 5.74) is 0.391. The van der Waals surface area contributed by atoms with Crippen LogP contribution in [0.2, 0.25) is 5.02 Å². The van der Waals surface area contributed by atoms with Gasteiger partial charge < -0.3 is 10.6 Å². The van der Waals surface area contributed by atoms with Crippen molar-refractivity contribution in [2.75, 3.05) is 13.1 Å². The van der Waals surface area contributed by atoms with Crippen molar-refractivity contribution in [3.63, 3.8) is 0 Å². The quantitative estimate of drug-likeness (QED) is 0.893. The molecule has 1 aromatic carbocycles. The van der Waals surface area contributed by atoms with E-state index in [-0.39, 0.29) is 11.9 Å². The Bertz CT molecular complexity index is 453. The highest BCUT2D eigenvalue weighted by Crippen LogP contribution is 2.26. The van der Waals surface area contributed by atoms with Crippen LogP contribution in [-0.2, 0) is 10.2 Å². The minimum Gasteiger partial charge on any atom is -0.353 e. The molecular formula is C15H21ClN2O. The van der Waals surface area contributed by atoms with Gasteiger partial charge in [0.15, 0.2) is 0 Å². The van der Waals surface area contributed by atoms with Crippen molar-refractivity contribution < 1.29 is 4.79 Å². The van der Waals surface area contributed by atoms with Crippen LogP contribution >= 0.6 is 11.6 Å². The van der Waals surface area contributed by atoms with Crippen molar-refractivity contribution in [1.29, 1.82) is 0 Å². The van der Waals surface area contributed by atoms with Crippen LogP contribution in [0, 0.1) is 0 Å². The Balaban J connectivity index is 2.07. The van der Waals surface area contributed by atoms with Gasteiger partial charge in [-0.3, -0.25) is 4.79 Å². The zero-order valence-corrected chi connectivity index (χ0v) is 12.3. The van der Waals surface area contributed by atoms with Crippen molar-refractivity contribution >= 4 is 17.5 Å². The van der Waals surface area contributed by atoms with Crippen LogP contribution in [0.5, 0.6) is 0 Å². The zero-order chi connectivity index (χ0) is 13.9. The van der Waals surface area contributed by atoms with Gasteiger partial charge in [0.25, 0.3) is 0 Å². The third-order valence-corrected chi connectivity index (χ3v) is 4.02. The van der Waals surface area contributed by atoms with Gasteiger partial charge >= 0.3 is 0 Å². The summed E-state index contributed by atoms with van der Waals surface area (Å²) in [5, 5.41) is 7.12. The lowest BCUT2D eigenvalue weighted by Crippen LogP contribution is -2.48. The zero-order valence-electron chi connectivity index (χ0n) is 11.5. The molecule has 1 fully saturated rings. The molecule has 1 aromatic rings. The van der Waals surface area contributed by atoms with E-state index in [1.165, 1.54) is 0 Å². The molecule has 0 aliphatic carbocycles. The molecule has 1 heterocycles. The number of amides is 1. The van der Waals surface area contributed by atoms with Crippen LogP contribution in [0.15, 0.2) is 24.3 Å². The first kappa shape index (κ1) is 14.4. The molecule has 0 atom stereocenters. The monoisotopic (exact) mass is 280 g/mol. The number of carbonyl (C=O) groups excluding carboxylic acids is 1. The van der Waals surface area contributed by atoms with Gasteiger partial charge in [0, 0.05) is 11.1 Å². The molecule has 0 saturated carbocycles. The molecule has 0 bridgehead atoms. The summed E-state index contributed by atoms with van der Waals surface area (Å²) in [6, 6.07) is 7.81. The Morgan fingerprint density at radius 2 is 2.05 bits per heavy atom. The van der Waals surface area contributed by atoms with E-state index in [1.54, 1.807) is 0 Å². The van der Waals surface area contributed by atoms with Gasteiger partial charge in [-0.15, -0.1) is 0 Å². The highest BCUT2D eigenvalue weighted by molar-refractivity contribution is 6.30. The van der Waals surface area contributed by atoms with Crippen molar-refractivity contribution in [2.24, 2.45) is 0 Å².